The van der Waals surface area contributed by atoms with E-state index in [4.69, 9.17) is 27.9 Å². The van der Waals surface area contributed by atoms with Crippen LogP contribution in [0.3, 0.4) is 0 Å². The molecule has 4 rings (SSSR count). The molecule has 1 N–H and O–H groups in total. The normalized spacial score (nSPS) is 14.8. The van der Waals surface area contributed by atoms with Crippen LogP contribution < -0.4 is 10.1 Å². The lowest BCUT2D eigenvalue weighted by Crippen LogP contribution is -2.43. The Morgan fingerprint density at radius 3 is 2.39 bits per heavy atom. The third kappa shape index (κ3) is 6.49. The molecule has 172 valence electrons. The summed E-state index contributed by atoms with van der Waals surface area (Å²) in [7, 11) is 2.15. The molecule has 1 aliphatic rings. The van der Waals surface area contributed by atoms with Crippen molar-refractivity contribution < 1.29 is 9.53 Å². The highest BCUT2D eigenvalue weighted by atomic mass is 35.5. The highest BCUT2D eigenvalue weighted by Crippen LogP contribution is 2.29. The van der Waals surface area contributed by atoms with E-state index in [-0.39, 0.29) is 12.5 Å². The maximum atomic E-state index is 12.5. The van der Waals surface area contributed by atoms with Gasteiger partial charge in [-0.1, -0.05) is 59.6 Å². The summed E-state index contributed by atoms with van der Waals surface area (Å²) in [6, 6.07) is 21.4. The van der Waals surface area contributed by atoms with Crippen molar-refractivity contribution in [2.24, 2.45) is 0 Å². The Balaban J connectivity index is 1.48. The number of nitrogens with zero attached hydrogens (tertiary/aromatic N) is 2. The number of carbonyl (C=O) groups is 1. The first-order valence-corrected chi connectivity index (χ1v) is 11.7. The quantitative estimate of drug-likeness (QED) is 0.486. The molecule has 0 atom stereocenters. The Bertz CT molecular complexity index is 1100. The maximum absolute atomic E-state index is 12.5. The summed E-state index contributed by atoms with van der Waals surface area (Å²) in [4.78, 5) is 17.2. The van der Waals surface area contributed by atoms with Crippen LogP contribution in [0, 0.1) is 0 Å². The number of piperazine rings is 1. The van der Waals surface area contributed by atoms with Crippen molar-refractivity contribution in [3.05, 3.63) is 82.3 Å². The first-order chi connectivity index (χ1) is 16.0. The minimum atomic E-state index is -0.258. The fourth-order valence-electron chi connectivity index (χ4n) is 3.82. The summed E-state index contributed by atoms with van der Waals surface area (Å²) in [6.45, 7) is 4.77. The number of rotatable bonds is 7. The average Bonchev–Trinajstić information content (AvgIpc) is 2.82. The second-order valence-corrected chi connectivity index (χ2v) is 9.05. The van der Waals surface area contributed by atoms with E-state index < -0.39 is 0 Å². The van der Waals surface area contributed by atoms with Crippen LogP contribution in [0.25, 0.3) is 11.1 Å². The van der Waals surface area contributed by atoms with Crippen molar-refractivity contribution in [2.45, 2.75) is 6.54 Å². The number of anilines is 1. The van der Waals surface area contributed by atoms with Gasteiger partial charge in [-0.15, -0.1) is 0 Å². The van der Waals surface area contributed by atoms with Crippen molar-refractivity contribution >= 4 is 34.8 Å². The zero-order valence-corrected chi connectivity index (χ0v) is 20.1. The summed E-state index contributed by atoms with van der Waals surface area (Å²) in [5.41, 5.74) is 3.94. The first-order valence-electron chi connectivity index (χ1n) is 10.9. The molecule has 1 aliphatic heterocycles. The minimum absolute atomic E-state index is 0.0966. The van der Waals surface area contributed by atoms with Crippen molar-refractivity contribution in [1.29, 1.82) is 0 Å². The first kappa shape index (κ1) is 23.6. The van der Waals surface area contributed by atoms with Gasteiger partial charge >= 0.3 is 0 Å². The molecule has 0 bridgehead atoms. The fraction of sp³-hybridized carbons (Fsp3) is 0.269. The molecule has 3 aromatic rings. The average molecular weight is 484 g/mol. The van der Waals surface area contributed by atoms with E-state index in [0.717, 1.165) is 55.2 Å². The Labute approximate surface area is 204 Å². The Morgan fingerprint density at radius 2 is 1.67 bits per heavy atom. The second kappa shape index (κ2) is 11.0. The van der Waals surface area contributed by atoms with Gasteiger partial charge in [0.15, 0.2) is 6.61 Å². The molecule has 5 nitrogen and oxygen atoms in total. The molecule has 1 fully saturated rings. The minimum Gasteiger partial charge on any atom is -0.483 e. The molecule has 1 heterocycles. The van der Waals surface area contributed by atoms with Gasteiger partial charge in [-0.25, -0.2) is 0 Å². The monoisotopic (exact) mass is 483 g/mol. The SMILES string of the molecule is CN1CCN(Cc2cc(-c3ccccc3)ccc2OCC(=O)Nc2ccc(Cl)c(Cl)c2)CC1. The van der Waals surface area contributed by atoms with Gasteiger partial charge in [0.1, 0.15) is 5.75 Å². The summed E-state index contributed by atoms with van der Waals surface area (Å²) in [5.74, 6) is 0.462. The fourth-order valence-corrected chi connectivity index (χ4v) is 4.11. The van der Waals surface area contributed by atoms with Crippen LogP contribution in [0.4, 0.5) is 5.69 Å². The Hall–Kier alpha value is -2.57. The smallest absolute Gasteiger partial charge is 0.262 e. The molecule has 0 saturated carbocycles. The highest BCUT2D eigenvalue weighted by Gasteiger charge is 2.17. The third-order valence-corrected chi connectivity index (χ3v) is 6.46. The number of likely N-dealkylation sites (N-methyl/N-ethyl adjacent to an activating group) is 1. The zero-order chi connectivity index (χ0) is 23.2. The predicted molar refractivity (Wildman–Crippen MR) is 135 cm³/mol. The van der Waals surface area contributed by atoms with Crippen molar-refractivity contribution in [1.82, 2.24) is 9.80 Å². The van der Waals surface area contributed by atoms with Crippen molar-refractivity contribution in [3.63, 3.8) is 0 Å². The summed E-state index contributed by atoms with van der Waals surface area (Å²) in [6.07, 6.45) is 0. The van der Waals surface area contributed by atoms with Crippen molar-refractivity contribution in [2.75, 3.05) is 45.2 Å². The number of ether oxygens (including phenoxy) is 1. The van der Waals surface area contributed by atoms with Gasteiger partial charge in [-0.2, -0.15) is 0 Å². The molecular weight excluding hydrogens is 457 g/mol. The van der Waals surface area contributed by atoms with Gasteiger partial charge in [0, 0.05) is 44.0 Å². The van der Waals surface area contributed by atoms with Gasteiger partial charge < -0.3 is 15.0 Å². The van der Waals surface area contributed by atoms with E-state index in [0.29, 0.717) is 15.7 Å². The van der Waals surface area contributed by atoms with Crippen LogP contribution in [0.15, 0.2) is 66.7 Å². The lowest BCUT2D eigenvalue weighted by Gasteiger charge is -2.32. The predicted octanol–water partition coefficient (Wildman–Crippen LogP) is 5.43. The van der Waals surface area contributed by atoms with E-state index in [1.165, 1.54) is 0 Å². The second-order valence-electron chi connectivity index (χ2n) is 8.23. The van der Waals surface area contributed by atoms with Gasteiger partial charge in [0.25, 0.3) is 5.91 Å². The Kier molecular flexibility index (Phi) is 7.89. The number of carbonyl (C=O) groups excluding carboxylic acids is 1. The van der Waals surface area contributed by atoms with Crippen LogP contribution in [0.1, 0.15) is 5.56 Å². The largest absolute Gasteiger partial charge is 0.483 e. The van der Waals surface area contributed by atoms with Crippen LogP contribution >= 0.6 is 23.2 Å². The lowest BCUT2D eigenvalue weighted by molar-refractivity contribution is -0.118. The zero-order valence-electron chi connectivity index (χ0n) is 18.6. The maximum Gasteiger partial charge on any atom is 0.262 e. The number of hydrogen-bond acceptors (Lipinski definition) is 4. The van der Waals surface area contributed by atoms with E-state index in [1.807, 2.05) is 30.3 Å². The van der Waals surface area contributed by atoms with E-state index in [2.05, 4.69) is 40.4 Å². The number of nitrogens with one attached hydrogen (secondary N) is 1. The van der Waals surface area contributed by atoms with Crippen LogP contribution in [-0.2, 0) is 11.3 Å². The summed E-state index contributed by atoms with van der Waals surface area (Å²) in [5, 5.41) is 3.63. The van der Waals surface area contributed by atoms with Crippen molar-refractivity contribution in [3.8, 4) is 16.9 Å². The molecule has 0 aliphatic carbocycles. The summed E-state index contributed by atoms with van der Waals surface area (Å²) >= 11 is 12.0. The highest BCUT2D eigenvalue weighted by molar-refractivity contribution is 6.42. The van der Waals surface area contributed by atoms with Gasteiger partial charge in [-0.05, 0) is 48.5 Å². The van der Waals surface area contributed by atoms with Crippen LogP contribution in [-0.4, -0.2) is 55.5 Å². The number of hydrogen-bond donors (Lipinski definition) is 1. The number of benzene rings is 3. The lowest BCUT2D eigenvalue weighted by atomic mass is 10.0. The van der Waals surface area contributed by atoms with Crippen LogP contribution in [0.2, 0.25) is 10.0 Å². The molecular formula is C26H27Cl2N3O2. The summed E-state index contributed by atoms with van der Waals surface area (Å²) < 4.78 is 5.97. The molecule has 0 unspecified atom stereocenters. The molecule has 1 amide bonds. The van der Waals surface area contributed by atoms with Gasteiger partial charge in [0.2, 0.25) is 0 Å². The van der Waals surface area contributed by atoms with E-state index in [9.17, 15) is 4.79 Å². The Morgan fingerprint density at radius 1 is 0.909 bits per heavy atom. The molecule has 0 radical (unpaired) electrons. The van der Waals surface area contributed by atoms with E-state index >= 15 is 0 Å². The van der Waals surface area contributed by atoms with Gasteiger partial charge in [-0.3, -0.25) is 9.69 Å². The van der Waals surface area contributed by atoms with Crippen LogP contribution in [0.5, 0.6) is 5.75 Å². The number of halogens is 2. The molecule has 0 aromatic heterocycles. The third-order valence-electron chi connectivity index (χ3n) is 5.72. The molecule has 7 heteroatoms. The number of amides is 1. The standard InChI is InChI=1S/C26H27Cl2N3O2/c1-30-11-13-31(14-12-30)17-21-15-20(19-5-3-2-4-6-19)7-10-25(21)33-18-26(32)29-22-8-9-23(27)24(28)16-22/h2-10,15-16H,11-14,17-18H2,1H3,(H,29,32). The molecule has 3 aromatic carbocycles. The molecule has 1 saturated heterocycles. The van der Waals surface area contributed by atoms with E-state index in [1.54, 1.807) is 18.2 Å². The van der Waals surface area contributed by atoms with Gasteiger partial charge in [0.05, 0.1) is 10.0 Å². The molecule has 0 spiro atoms. The topological polar surface area (TPSA) is 44.8 Å². The molecule has 33 heavy (non-hydrogen) atoms.